The second-order valence-corrected chi connectivity index (χ2v) is 5.83. The van der Waals surface area contributed by atoms with Gasteiger partial charge in [-0.25, -0.2) is 0 Å². The third-order valence-electron chi connectivity index (χ3n) is 3.88. The van der Waals surface area contributed by atoms with Gasteiger partial charge in [-0.1, -0.05) is 0 Å². The molecule has 0 aliphatic heterocycles. The predicted octanol–water partition coefficient (Wildman–Crippen LogP) is 2.30. The van der Waals surface area contributed by atoms with E-state index in [1.165, 1.54) is 22.9 Å². The Kier molecular flexibility index (Phi) is 6.25. The minimum absolute atomic E-state index is 0.00673. The lowest BCUT2D eigenvalue weighted by atomic mass is 10.2. The molecule has 10 heteroatoms. The zero-order valence-electron chi connectivity index (χ0n) is 15.6. The number of nitrogens with zero attached hydrogens (tertiary/aromatic N) is 5. The molecule has 1 heterocycles. The van der Waals surface area contributed by atoms with Crippen LogP contribution >= 0.6 is 0 Å². The van der Waals surface area contributed by atoms with Crippen LogP contribution in [0.4, 0.5) is 5.69 Å². The van der Waals surface area contributed by atoms with Crippen LogP contribution in [0.1, 0.15) is 18.3 Å². The van der Waals surface area contributed by atoms with Crippen LogP contribution in [-0.4, -0.2) is 37.6 Å². The molecular formula is C19H18N6O4. The summed E-state index contributed by atoms with van der Waals surface area (Å²) in [4.78, 5) is 22.2. The van der Waals surface area contributed by atoms with E-state index < -0.39 is 4.92 Å². The third kappa shape index (κ3) is 5.22. The number of nitro groups is 1. The number of hydrogen-bond donors (Lipinski definition) is 1. The van der Waals surface area contributed by atoms with E-state index in [9.17, 15) is 14.9 Å². The monoisotopic (exact) mass is 394 g/mol. The molecule has 29 heavy (non-hydrogen) atoms. The van der Waals surface area contributed by atoms with E-state index >= 15 is 0 Å². The molecule has 0 fully saturated rings. The van der Waals surface area contributed by atoms with Crippen molar-refractivity contribution >= 4 is 17.7 Å². The summed E-state index contributed by atoms with van der Waals surface area (Å²) in [5.74, 6) is 0.867. The number of ether oxygens (including phenoxy) is 1. The SMILES string of the molecule is CCOc1ccc(-n2nnnc2CNC(=O)/C=C\c2ccc([N+](=O)[O-])cc2)cc1. The summed E-state index contributed by atoms with van der Waals surface area (Å²) < 4.78 is 6.93. The van der Waals surface area contributed by atoms with Crippen LogP contribution in [0.2, 0.25) is 0 Å². The van der Waals surface area contributed by atoms with Crippen molar-refractivity contribution in [2.24, 2.45) is 0 Å². The molecule has 0 spiro atoms. The highest BCUT2D eigenvalue weighted by Gasteiger charge is 2.09. The second-order valence-electron chi connectivity index (χ2n) is 5.83. The number of benzene rings is 2. The first kappa shape index (κ1) is 19.7. The second kappa shape index (κ2) is 9.22. The lowest BCUT2D eigenvalue weighted by molar-refractivity contribution is -0.384. The smallest absolute Gasteiger partial charge is 0.269 e. The van der Waals surface area contributed by atoms with Gasteiger partial charge in [-0.2, -0.15) is 4.68 Å². The molecule has 0 saturated carbocycles. The molecule has 1 aromatic heterocycles. The van der Waals surface area contributed by atoms with E-state index in [4.69, 9.17) is 4.74 Å². The number of nitro benzene ring substituents is 1. The van der Waals surface area contributed by atoms with Gasteiger partial charge in [-0.05, 0) is 65.4 Å². The number of nitrogens with one attached hydrogen (secondary N) is 1. The number of carbonyl (C=O) groups is 1. The van der Waals surface area contributed by atoms with Gasteiger partial charge in [-0.3, -0.25) is 14.9 Å². The summed E-state index contributed by atoms with van der Waals surface area (Å²) in [6, 6.07) is 13.2. The number of tetrazole rings is 1. The Morgan fingerprint density at radius 3 is 2.59 bits per heavy atom. The Bertz CT molecular complexity index is 1010. The largest absolute Gasteiger partial charge is 0.494 e. The van der Waals surface area contributed by atoms with E-state index in [-0.39, 0.29) is 18.1 Å². The lowest BCUT2D eigenvalue weighted by Crippen LogP contribution is -2.22. The quantitative estimate of drug-likeness (QED) is 0.353. The number of amides is 1. The van der Waals surface area contributed by atoms with E-state index in [0.717, 1.165) is 11.4 Å². The topological polar surface area (TPSA) is 125 Å². The number of hydrogen-bond acceptors (Lipinski definition) is 7. The molecule has 3 rings (SSSR count). The molecule has 1 N–H and O–H groups in total. The molecule has 148 valence electrons. The first-order valence-corrected chi connectivity index (χ1v) is 8.77. The molecule has 0 aliphatic carbocycles. The number of aromatic nitrogens is 4. The van der Waals surface area contributed by atoms with Crippen molar-refractivity contribution in [1.29, 1.82) is 0 Å². The first-order chi connectivity index (χ1) is 14.1. The highest BCUT2D eigenvalue weighted by atomic mass is 16.6. The van der Waals surface area contributed by atoms with E-state index in [1.807, 2.05) is 31.2 Å². The van der Waals surface area contributed by atoms with E-state index in [2.05, 4.69) is 20.8 Å². The summed E-state index contributed by atoms with van der Waals surface area (Å²) in [7, 11) is 0. The fourth-order valence-corrected chi connectivity index (χ4v) is 2.47. The molecule has 0 aliphatic rings. The van der Waals surface area contributed by atoms with Crippen molar-refractivity contribution in [2.45, 2.75) is 13.5 Å². The van der Waals surface area contributed by atoms with Crippen LogP contribution in [0.25, 0.3) is 11.8 Å². The number of carbonyl (C=O) groups excluding carboxylic acids is 1. The van der Waals surface area contributed by atoms with Crippen LogP contribution in [0.5, 0.6) is 5.75 Å². The van der Waals surface area contributed by atoms with Gasteiger partial charge < -0.3 is 10.1 Å². The fraction of sp³-hybridized carbons (Fsp3) is 0.158. The lowest BCUT2D eigenvalue weighted by Gasteiger charge is -2.07. The van der Waals surface area contributed by atoms with Gasteiger partial charge in [0.05, 0.1) is 23.8 Å². The van der Waals surface area contributed by atoms with Crippen molar-refractivity contribution in [3.63, 3.8) is 0 Å². The molecule has 0 atom stereocenters. The Hall–Kier alpha value is -4.08. The molecule has 10 nitrogen and oxygen atoms in total. The third-order valence-corrected chi connectivity index (χ3v) is 3.88. The van der Waals surface area contributed by atoms with Crippen molar-refractivity contribution in [1.82, 2.24) is 25.5 Å². The Morgan fingerprint density at radius 1 is 1.21 bits per heavy atom. The highest BCUT2D eigenvalue weighted by Crippen LogP contribution is 2.15. The summed E-state index contributed by atoms with van der Waals surface area (Å²) in [6.07, 6.45) is 2.90. The van der Waals surface area contributed by atoms with Crippen LogP contribution < -0.4 is 10.1 Å². The standard InChI is InChI=1S/C19H18N6O4/c1-2-29-17-10-8-15(9-11-17)24-18(21-22-23-24)13-20-19(26)12-5-14-3-6-16(7-4-14)25(27)28/h3-12H,2,13H2,1H3,(H,20,26)/b12-5-. The van der Waals surface area contributed by atoms with Gasteiger partial charge in [0, 0.05) is 18.2 Å². The van der Waals surface area contributed by atoms with Gasteiger partial charge in [0.25, 0.3) is 5.69 Å². The number of rotatable bonds is 8. The van der Waals surface area contributed by atoms with Crippen LogP contribution in [0.15, 0.2) is 54.6 Å². The maximum Gasteiger partial charge on any atom is 0.269 e. The van der Waals surface area contributed by atoms with Crippen LogP contribution in [-0.2, 0) is 11.3 Å². The molecule has 3 aromatic rings. The Labute approximate surface area is 166 Å². The van der Waals surface area contributed by atoms with Crippen LogP contribution in [0.3, 0.4) is 0 Å². The maximum atomic E-state index is 12.1. The minimum atomic E-state index is -0.477. The molecule has 0 bridgehead atoms. The highest BCUT2D eigenvalue weighted by molar-refractivity contribution is 5.91. The number of non-ortho nitro benzene ring substituents is 1. The fourth-order valence-electron chi connectivity index (χ4n) is 2.47. The van der Waals surface area contributed by atoms with Gasteiger partial charge in [0.15, 0.2) is 5.82 Å². The maximum absolute atomic E-state index is 12.1. The van der Waals surface area contributed by atoms with Gasteiger partial charge in [0.2, 0.25) is 5.91 Å². The van der Waals surface area contributed by atoms with Crippen molar-refractivity contribution in [3.05, 3.63) is 76.1 Å². The van der Waals surface area contributed by atoms with Crippen LogP contribution in [0, 0.1) is 10.1 Å². The van der Waals surface area contributed by atoms with Crippen molar-refractivity contribution < 1.29 is 14.5 Å². The van der Waals surface area contributed by atoms with Gasteiger partial charge in [0.1, 0.15) is 5.75 Å². The molecule has 0 radical (unpaired) electrons. The Morgan fingerprint density at radius 2 is 1.93 bits per heavy atom. The summed E-state index contributed by atoms with van der Waals surface area (Å²) in [5.41, 5.74) is 1.40. The van der Waals surface area contributed by atoms with E-state index in [0.29, 0.717) is 18.0 Å². The van der Waals surface area contributed by atoms with Gasteiger partial charge in [-0.15, -0.1) is 5.10 Å². The predicted molar refractivity (Wildman–Crippen MR) is 104 cm³/mol. The first-order valence-electron chi connectivity index (χ1n) is 8.77. The summed E-state index contributed by atoms with van der Waals surface area (Å²) in [5, 5.41) is 24.9. The molecule has 1 amide bonds. The Balaban J connectivity index is 1.59. The molecule has 2 aromatic carbocycles. The van der Waals surface area contributed by atoms with E-state index in [1.54, 1.807) is 18.2 Å². The zero-order chi connectivity index (χ0) is 20.6. The molecular weight excluding hydrogens is 376 g/mol. The van der Waals surface area contributed by atoms with Crippen molar-refractivity contribution in [2.75, 3.05) is 6.61 Å². The summed E-state index contributed by atoms with van der Waals surface area (Å²) >= 11 is 0. The summed E-state index contributed by atoms with van der Waals surface area (Å²) in [6.45, 7) is 2.62. The minimum Gasteiger partial charge on any atom is -0.494 e. The zero-order valence-corrected chi connectivity index (χ0v) is 15.6. The average Bonchev–Trinajstić information content (AvgIpc) is 3.20. The van der Waals surface area contributed by atoms with Crippen molar-refractivity contribution in [3.8, 4) is 11.4 Å². The average molecular weight is 394 g/mol. The normalized spacial score (nSPS) is 10.8. The molecule has 0 saturated heterocycles. The molecule has 0 unspecified atom stereocenters. The van der Waals surface area contributed by atoms with Gasteiger partial charge >= 0.3 is 0 Å².